The molecule has 0 spiro atoms. The summed E-state index contributed by atoms with van der Waals surface area (Å²) >= 11 is 0. The molecule has 0 aromatic carbocycles. The molecule has 2 rings (SSSR count). The van der Waals surface area contributed by atoms with Crippen molar-refractivity contribution in [2.75, 3.05) is 0 Å². The molecule has 2 N–H and O–H groups in total. The molecule has 0 aliphatic rings. The van der Waals surface area contributed by atoms with E-state index in [0.29, 0.717) is 5.82 Å². The molecule has 2 aromatic heterocycles. The molecule has 14 heavy (non-hydrogen) atoms. The van der Waals surface area contributed by atoms with Crippen LogP contribution in [0.25, 0.3) is 5.82 Å². The highest BCUT2D eigenvalue weighted by Gasteiger charge is 2.11. The molecular weight excluding hydrogens is 182 g/mol. The number of nitrogens with zero attached hydrogens (tertiary/aromatic N) is 4. The van der Waals surface area contributed by atoms with Crippen LogP contribution in [0, 0.1) is 0 Å². The molecule has 2 heterocycles. The molecule has 0 fully saturated rings. The van der Waals surface area contributed by atoms with Gasteiger partial charge in [-0.25, -0.2) is 14.6 Å². The summed E-state index contributed by atoms with van der Waals surface area (Å²) in [6, 6.07) is 1.72. The molecule has 0 saturated heterocycles. The van der Waals surface area contributed by atoms with Gasteiger partial charge >= 0.3 is 0 Å². The monoisotopic (exact) mass is 189 g/mol. The first-order valence-corrected chi connectivity index (χ1v) is 3.90. The summed E-state index contributed by atoms with van der Waals surface area (Å²) in [6.07, 6.45) is 6.13. The third-order valence-corrected chi connectivity index (χ3v) is 1.63. The highest BCUT2D eigenvalue weighted by molar-refractivity contribution is 5.93. The summed E-state index contributed by atoms with van der Waals surface area (Å²) in [4.78, 5) is 18.8. The van der Waals surface area contributed by atoms with Crippen molar-refractivity contribution in [2.24, 2.45) is 5.73 Å². The van der Waals surface area contributed by atoms with Crippen molar-refractivity contribution < 1.29 is 4.79 Å². The Bertz CT molecular complexity index is 451. The molecule has 0 aliphatic carbocycles. The second-order valence-electron chi connectivity index (χ2n) is 2.54. The number of rotatable bonds is 2. The quantitative estimate of drug-likeness (QED) is 0.706. The number of hydrogen-bond acceptors (Lipinski definition) is 4. The standard InChI is InChI=1S/C8H7N5O/c9-7(14)6-8(11-4-3-10-6)13-5-1-2-12-13/h1-5H,(H2,9,14). The molecule has 0 saturated carbocycles. The van der Waals surface area contributed by atoms with Gasteiger partial charge in [-0.15, -0.1) is 0 Å². The van der Waals surface area contributed by atoms with Gasteiger partial charge in [-0.1, -0.05) is 0 Å². The second kappa shape index (κ2) is 3.25. The zero-order valence-corrected chi connectivity index (χ0v) is 7.16. The van der Waals surface area contributed by atoms with Crippen molar-refractivity contribution in [3.63, 3.8) is 0 Å². The van der Waals surface area contributed by atoms with Gasteiger partial charge in [-0.05, 0) is 6.07 Å². The van der Waals surface area contributed by atoms with Crippen LogP contribution in [0.2, 0.25) is 0 Å². The van der Waals surface area contributed by atoms with E-state index in [2.05, 4.69) is 15.1 Å². The van der Waals surface area contributed by atoms with Gasteiger partial charge < -0.3 is 5.73 Å². The van der Waals surface area contributed by atoms with E-state index in [4.69, 9.17) is 5.73 Å². The number of hydrogen-bond donors (Lipinski definition) is 1. The summed E-state index contributed by atoms with van der Waals surface area (Å²) < 4.78 is 1.44. The Labute approximate surface area is 79.4 Å². The lowest BCUT2D eigenvalue weighted by Gasteiger charge is -2.02. The van der Waals surface area contributed by atoms with E-state index < -0.39 is 5.91 Å². The van der Waals surface area contributed by atoms with Gasteiger partial charge in [0.2, 0.25) is 0 Å². The molecule has 6 heteroatoms. The highest BCUT2D eigenvalue weighted by atomic mass is 16.1. The van der Waals surface area contributed by atoms with Gasteiger partial charge in [-0.3, -0.25) is 4.79 Å². The smallest absolute Gasteiger partial charge is 0.271 e. The van der Waals surface area contributed by atoms with Gasteiger partial charge in [0, 0.05) is 24.8 Å². The Kier molecular flexibility index (Phi) is 1.94. The van der Waals surface area contributed by atoms with Gasteiger partial charge in [0.25, 0.3) is 5.91 Å². The third-order valence-electron chi connectivity index (χ3n) is 1.63. The first-order chi connectivity index (χ1) is 6.79. The van der Waals surface area contributed by atoms with E-state index in [1.54, 1.807) is 18.5 Å². The summed E-state index contributed by atoms with van der Waals surface area (Å²) in [5, 5.41) is 3.94. The maximum Gasteiger partial charge on any atom is 0.271 e. The molecule has 0 unspecified atom stereocenters. The maximum atomic E-state index is 11.0. The Morgan fingerprint density at radius 1 is 1.29 bits per heavy atom. The van der Waals surface area contributed by atoms with E-state index in [9.17, 15) is 4.79 Å². The zero-order chi connectivity index (χ0) is 9.97. The van der Waals surface area contributed by atoms with E-state index >= 15 is 0 Å². The fourth-order valence-electron chi connectivity index (χ4n) is 1.07. The van der Waals surface area contributed by atoms with Crippen LogP contribution in [0.5, 0.6) is 0 Å². The van der Waals surface area contributed by atoms with Crippen molar-refractivity contribution in [1.29, 1.82) is 0 Å². The minimum absolute atomic E-state index is 0.108. The number of amides is 1. The van der Waals surface area contributed by atoms with E-state index in [1.807, 2.05) is 0 Å². The van der Waals surface area contributed by atoms with Crippen LogP contribution in [0.3, 0.4) is 0 Å². The van der Waals surface area contributed by atoms with Crippen LogP contribution in [-0.2, 0) is 0 Å². The molecular formula is C8H7N5O. The van der Waals surface area contributed by atoms with Gasteiger partial charge in [0.1, 0.15) is 0 Å². The van der Waals surface area contributed by atoms with Crippen LogP contribution in [0.15, 0.2) is 30.9 Å². The third kappa shape index (κ3) is 1.33. The average molecular weight is 189 g/mol. The summed E-state index contributed by atoms with van der Waals surface area (Å²) in [7, 11) is 0. The van der Waals surface area contributed by atoms with Crippen molar-refractivity contribution in [3.8, 4) is 5.82 Å². The van der Waals surface area contributed by atoms with E-state index in [0.717, 1.165) is 0 Å². The molecule has 0 aliphatic heterocycles. The van der Waals surface area contributed by atoms with Crippen LogP contribution in [0.1, 0.15) is 10.5 Å². The predicted octanol–water partition coefficient (Wildman–Crippen LogP) is -0.239. The fourth-order valence-corrected chi connectivity index (χ4v) is 1.07. The minimum Gasteiger partial charge on any atom is -0.364 e. The molecule has 0 atom stereocenters. The lowest BCUT2D eigenvalue weighted by atomic mass is 10.4. The van der Waals surface area contributed by atoms with Crippen molar-refractivity contribution in [3.05, 3.63) is 36.5 Å². The first kappa shape index (κ1) is 8.36. The Morgan fingerprint density at radius 3 is 2.71 bits per heavy atom. The predicted molar refractivity (Wildman–Crippen MR) is 47.7 cm³/mol. The van der Waals surface area contributed by atoms with Gasteiger partial charge in [-0.2, -0.15) is 5.10 Å². The molecule has 2 aromatic rings. The Balaban J connectivity index is 2.58. The highest BCUT2D eigenvalue weighted by Crippen LogP contribution is 2.05. The summed E-state index contributed by atoms with van der Waals surface area (Å²) in [5.41, 5.74) is 5.25. The SMILES string of the molecule is NC(=O)c1nccnc1-n1cccn1. The molecule has 1 amide bonds. The fraction of sp³-hybridized carbons (Fsp3) is 0. The number of aromatic nitrogens is 4. The number of primary amides is 1. The van der Waals surface area contributed by atoms with E-state index in [-0.39, 0.29) is 5.69 Å². The second-order valence-corrected chi connectivity index (χ2v) is 2.54. The minimum atomic E-state index is -0.622. The Morgan fingerprint density at radius 2 is 2.07 bits per heavy atom. The maximum absolute atomic E-state index is 11.0. The summed E-state index contributed by atoms with van der Waals surface area (Å²) in [6.45, 7) is 0. The van der Waals surface area contributed by atoms with Crippen molar-refractivity contribution in [2.45, 2.75) is 0 Å². The number of nitrogens with two attached hydrogens (primary N) is 1. The first-order valence-electron chi connectivity index (χ1n) is 3.90. The lowest BCUT2D eigenvalue weighted by molar-refractivity contribution is 0.0995. The number of carbonyl (C=O) groups is 1. The topological polar surface area (TPSA) is 86.7 Å². The van der Waals surface area contributed by atoms with E-state index in [1.165, 1.54) is 17.1 Å². The van der Waals surface area contributed by atoms with Crippen LogP contribution >= 0.6 is 0 Å². The van der Waals surface area contributed by atoms with Crippen LogP contribution in [0.4, 0.5) is 0 Å². The summed E-state index contributed by atoms with van der Waals surface area (Å²) in [5.74, 6) is -0.284. The lowest BCUT2D eigenvalue weighted by Crippen LogP contribution is -2.17. The molecule has 6 nitrogen and oxygen atoms in total. The number of carbonyl (C=O) groups excluding carboxylic acids is 1. The molecule has 70 valence electrons. The zero-order valence-electron chi connectivity index (χ0n) is 7.16. The average Bonchev–Trinajstić information content (AvgIpc) is 2.70. The van der Waals surface area contributed by atoms with Crippen LogP contribution < -0.4 is 5.73 Å². The van der Waals surface area contributed by atoms with Crippen molar-refractivity contribution in [1.82, 2.24) is 19.7 Å². The van der Waals surface area contributed by atoms with Gasteiger partial charge in [0.05, 0.1) is 0 Å². The normalized spacial score (nSPS) is 10.0. The molecule has 0 bridgehead atoms. The Hall–Kier alpha value is -2.24. The van der Waals surface area contributed by atoms with Crippen molar-refractivity contribution >= 4 is 5.91 Å². The largest absolute Gasteiger partial charge is 0.364 e. The van der Waals surface area contributed by atoms with Crippen LogP contribution in [-0.4, -0.2) is 25.7 Å². The molecule has 0 radical (unpaired) electrons. The van der Waals surface area contributed by atoms with Gasteiger partial charge in [0.15, 0.2) is 11.5 Å².